The van der Waals surface area contributed by atoms with Crippen LogP contribution in [0, 0.1) is 13.8 Å². The molecule has 2 heteroatoms. The molecule has 0 radical (unpaired) electrons. The van der Waals surface area contributed by atoms with Crippen LogP contribution >= 0.6 is 11.6 Å². The molecule has 0 aliphatic heterocycles. The lowest BCUT2D eigenvalue weighted by atomic mass is 10.0. The normalized spacial score (nSPS) is 13.1. The highest BCUT2D eigenvalue weighted by atomic mass is 35.5. The first-order chi connectivity index (χ1) is 5.52. The first-order valence-corrected chi connectivity index (χ1v) is 4.35. The predicted octanol–water partition coefficient (Wildman–Crippen LogP) is 3.01. The molecule has 0 fully saturated rings. The minimum absolute atomic E-state index is 0.489. The molecule has 0 bridgehead atoms. The number of benzene rings is 1. The summed E-state index contributed by atoms with van der Waals surface area (Å²) in [6.07, 6.45) is -0.489. The molecule has 0 aliphatic carbocycles. The number of halogens is 1. The first-order valence-electron chi connectivity index (χ1n) is 3.97. The maximum atomic E-state index is 9.34. The molecule has 1 aromatic rings. The molecule has 0 saturated heterocycles. The summed E-state index contributed by atoms with van der Waals surface area (Å²) in [5, 5.41) is 9.98. The molecule has 1 rings (SSSR count). The summed E-state index contributed by atoms with van der Waals surface area (Å²) < 4.78 is 0. The predicted molar refractivity (Wildman–Crippen MR) is 51.6 cm³/mol. The van der Waals surface area contributed by atoms with Crippen molar-refractivity contribution in [3.63, 3.8) is 0 Å². The molecule has 1 N–H and O–H groups in total. The Balaban J connectivity index is 3.23. The van der Waals surface area contributed by atoms with E-state index in [9.17, 15) is 5.11 Å². The highest BCUT2D eigenvalue weighted by Gasteiger charge is 2.07. The summed E-state index contributed by atoms with van der Waals surface area (Å²) in [4.78, 5) is 0. The molecule has 0 amide bonds. The Bertz CT molecular complexity index is 292. The summed E-state index contributed by atoms with van der Waals surface area (Å²) in [5.41, 5.74) is 3.12. The van der Waals surface area contributed by atoms with Crippen molar-refractivity contribution in [1.82, 2.24) is 0 Å². The van der Waals surface area contributed by atoms with Crippen molar-refractivity contribution in [2.45, 2.75) is 26.9 Å². The second kappa shape index (κ2) is 3.46. The zero-order valence-electron chi connectivity index (χ0n) is 7.56. The van der Waals surface area contributed by atoms with Crippen LogP contribution in [-0.4, -0.2) is 5.11 Å². The van der Waals surface area contributed by atoms with Gasteiger partial charge in [0, 0.05) is 5.02 Å². The van der Waals surface area contributed by atoms with Crippen LogP contribution in [0.1, 0.15) is 29.7 Å². The van der Waals surface area contributed by atoms with Gasteiger partial charge in [0.2, 0.25) is 0 Å². The smallest absolute Gasteiger partial charge is 0.0776 e. The van der Waals surface area contributed by atoms with Gasteiger partial charge in [-0.2, -0.15) is 0 Å². The molecule has 0 saturated carbocycles. The van der Waals surface area contributed by atoms with Gasteiger partial charge in [-0.15, -0.1) is 0 Å². The van der Waals surface area contributed by atoms with E-state index in [1.165, 1.54) is 0 Å². The molecule has 1 aromatic carbocycles. The molecule has 1 unspecified atom stereocenters. The van der Waals surface area contributed by atoms with Crippen LogP contribution < -0.4 is 0 Å². The molecule has 0 aromatic heterocycles. The fourth-order valence-electron chi connectivity index (χ4n) is 1.12. The number of aliphatic hydroxyl groups is 1. The molecule has 1 atom stereocenters. The fourth-order valence-corrected chi connectivity index (χ4v) is 1.50. The number of hydrogen-bond acceptors (Lipinski definition) is 1. The third kappa shape index (κ3) is 1.79. The van der Waals surface area contributed by atoms with Crippen molar-refractivity contribution >= 4 is 11.6 Å². The van der Waals surface area contributed by atoms with Crippen molar-refractivity contribution in [3.05, 3.63) is 33.8 Å². The lowest BCUT2D eigenvalue weighted by molar-refractivity contribution is 0.199. The summed E-state index contributed by atoms with van der Waals surface area (Å²) in [6, 6.07) is 3.82. The van der Waals surface area contributed by atoms with E-state index >= 15 is 0 Å². The number of aryl methyl sites for hydroxylation is 2. The minimum atomic E-state index is -0.489. The van der Waals surface area contributed by atoms with E-state index in [0.29, 0.717) is 5.02 Å². The van der Waals surface area contributed by atoms with Gasteiger partial charge in [0.1, 0.15) is 0 Å². The third-order valence-electron chi connectivity index (χ3n) is 2.06. The zero-order chi connectivity index (χ0) is 9.30. The maximum absolute atomic E-state index is 9.34. The summed E-state index contributed by atoms with van der Waals surface area (Å²) in [7, 11) is 0. The van der Waals surface area contributed by atoms with Crippen LogP contribution in [0.5, 0.6) is 0 Å². The van der Waals surface area contributed by atoms with E-state index in [4.69, 9.17) is 11.6 Å². The standard InChI is InChI=1S/C10H13ClO/c1-6-4-9(8(3)12)10(11)5-7(6)2/h4-5,8,12H,1-3H3. The molecule has 66 valence electrons. The quantitative estimate of drug-likeness (QED) is 0.712. The average molecular weight is 185 g/mol. The van der Waals surface area contributed by atoms with Gasteiger partial charge in [-0.25, -0.2) is 0 Å². The van der Waals surface area contributed by atoms with Crippen LogP contribution in [0.25, 0.3) is 0 Å². The van der Waals surface area contributed by atoms with Crippen LogP contribution in [0.4, 0.5) is 0 Å². The van der Waals surface area contributed by atoms with Gasteiger partial charge in [-0.05, 0) is 43.5 Å². The van der Waals surface area contributed by atoms with Gasteiger partial charge in [-0.1, -0.05) is 17.7 Å². The van der Waals surface area contributed by atoms with E-state index in [0.717, 1.165) is 16.7 Å². The second-order valence-electron chi connectivity index (χ2n) is 3.13. The first kappa shape index (κ1) is 9.56. The Morgan fingerprint density at radius 3 is 2.25 bits per heavy atom. The SMILES string of the molecule is Cc1cc(Cl)c(C(C)O)cc1C. The molecule has 0 heterocycles. The number of aliphatic hydroxyl groups excluding tert-OH is 1. The number of rotatable bonds is 1. The van der Waals surface area contributed by atoms with E-state index < -0.39 is 6.10 Å². The largest absolute Gasteiger partial charge is 0.389 e. The van der Waals surface area contributed by atoms with Crippen molar-refractivity contribution in [1.29, 1.82) is 0 Å². The Morgan fingerprint density at radius 2 is 1.75 bits per heavy atom. The lowest BCUT2D eigenvalue weighted by Gasteiger charge is -2.10. The maximum Gasteiger partial charge on any atom is 0.0776 e. The van der Waals surface area contributed by atoms with E-state index in [1.54, 1.807) is 6.92 Å². The second-order valence-corrected chi connectivity index (χ2v) is 3.54. The van der Waals surface area contributed by atoms with Crippen molar-refractivity contribution < 1.29 is 5.11 Å². The molecule has 1 nitrogen and oxygen atoms in total. The Labute approximate surface area is 78.0 Å². The lowest BCUT2D eigenvalue weighted by Crippen LogP contribution is -1.94. The topological polar surface area (TPSA) is 20.2 Å². The van der Waals surface area contributed by atoms with Gasteiger partial charge in [0.05, 0.1) is 6.10 Å². The minimum Gasteiger partial charge on any atom is -0.389 e. The van der Waals surface area contributed by atoms with Gasteiger partial charge >= 0.3 is 0 Å². The van der Waals surface area contributed by atoms with Gasteiger partial charge in [0.25, 0.3) is 0 Å². The van der Waals surface area contributed by atoms with E-state index in [2.05, 4.69) is 0 Å². The fraction of sp³-hybridized carbons (Fsp3) is 0.400. The Morgan fingerprint density at radius 1 is 1.25 bits per heavy atom. The van der Waals surface area contributed by atoms with Crippen LogP contribution in [-0.2, 0) is 0 Å². The van der Waals surface area contributed by atoms with Crippen LogP contribution in [0.2, 0.25) is 5.02 Å². The molecular formula is C10H13ClO. The van der Waals surface area contributed by atoms with Crippen molar-refractivity contribution in [2.75, 3.05) is 0 Å². The van der Waals surface area contributed by atoms with E-state index in [1.807, 2.05) is 26.0 Å². The average Bonchev–Trinajstić information content (AvgIpc) is 1.96. The molecule has 12 heavy (non-hydrogen) atoms. The van der Waals surface area contributed by atoms with Crippen LogP contribution in [0.3, 0.4) is 0 Å². The molecule has 0 spiro atoms. The monoisotopic (exact) mass is 184 g/mol. The van der Waals surface area contributed by atoms with Crippen molar-refractivity contribution in [3.8, 4) is 0 Å². The Kier molecular flexibility index (Phi) is 2.76. The number of hydrogen-bond donors (Lipinski definition) is 1. The summed E-state index contributed by atoms with van der Waals surface area (Å²) in [5.74, 6) is 0. The highest BCUT2D eigenvalue weighted by molar-refractivity contribution is 6.31. The summed E-state index contributed by atoms with van der Waals surface area (Å²) in [6.45, 7) is 5.74. The summed E-state index contributed by atoms with van der Waals surface area (Å²) >= 11 is 5.94. The van der Waals surface area contributed by atoms with Gasteiger partial charge in [0.15, 0.2) is 0 Å². The van der Waals surface area contributed by atoms with Crippen LogP contribution in [0.15, 0.2) is 12.1 Å². The third-order valence-corrected chi connectivity index (χ3v) is 2.39. The van der Waals surface area contributed by atoms with Gasteiger partial charge < -0.3 is 5.11 Å². The molecular weight excluding hydrogens is 172 g/mol. The zero-order valence-corrected chi connectivity index (χ0v) is 8.31. The van der Waals surface area contributed by atoms with Crippen molar-refractivity contribution in [2.24, 2.45) is 0 Å². The Hall–Kier alpha value is -0.530. The van der Waals surface area contributed by atoms with Gasteiger partial charge in [-0.3, -0.25) is 0 Å². The molecule has 0 aliphatic rings. The highest BCUT2D eigenvalue weighted by Crippen LogP contribution is 2.25. The van der Waals surface area contributed by atoms with E-state index in [-0.39, 0.29) is 0 Å².